The fourth-order valence-electron chi connectivity index (χ4n) is 0.550. The molecule has 0 aliphatic rings. The highest BCUT2D eigenvalue weighted by Crippen LogP contribution is 2.06. The van der Waals surface area contributed by atoms with Gasteiger partial charge >= 0.3 is 0 Å². The molecular weight excluding hydrogens is 166 g/mol. The summed E-state index contributed by atoms with van der Waals surface area (Å²) in [6.45, 7) is 4.00. The molecule has 3 heteroatoms. The molecule has 0 saturated heterocycles. The molecule has 0 heterocycles. The lowest BCUT2D eigenvalue weighted by molar-refractivity contribution is -0.384. The highest BCUT2D eigenvalue weighted by Gasteiger charge is 1.98. The molecule has 3 nitrogen and oxygen atoms in total. The largest absolute Gasteiger partial charge is 0.269 e. The molecule has 1 rings (SSSR count). The second-order valence-electron chi connectivity index (χ2n) is 2.26. The number of non-ortho nitro benzene ring substituents is 1. The monoisotopic (exact) mass is 179 g/mol. The SMILES string of the molecule is C/C=C/C.O=[N+]([O-])c1ccccc1. The molecule has 0 saturated carbocycles. The number of nitro groups is 1. The average Bonchev–Trinajstić information content (AvgIpc) is 2.19. The molecule has 0 aliphatic carbocycles. The van der Waals surface area contributed by atoms with Crippen LogP contribution in [-0.2, 0) is 0 Å². The maximum atomic E-state index is 10.0. The topological polar surface area (TPSA) is 43.1 Å². The Morgan fingerprint density at radius 1 is 1.15 bits per heavy atom. The summed E-state index contributed by atoms with van der Waals surface area (Å²) in [6.07, 6.45) is 4.00. The van der Waals surface area contributed by atoms with Gasteiger partial charge in [0.1, 0.15) is 0 Å². The van der Waals surface area contributed by atoms with E-state index in [2.05, 4.69) is 0 Å². The Balaban J connectivity index is 0.000000310. The van der Waals surface area contributed by atoms with Crippen LogP contribution >= 0.6 is 0 Å². The van der Waals surface area contributed by atoms with Crippen molar-refractivity contribution in [2.24, 2.45) is 0 Å². The van der Waals surface area contributed by atoms with Gasteiger partial charge in [0.15, 0.2) is 0 Å². The number of allylic oxidation sites excluding steroid dienone is 2. The summed E-state index contributed by atoms with van der Waals surface area (Å²) in [7, 11) is 0. The first-order valence-electron chi connectivity index (χ1n) is 3.99. The standard InChI is InChI=1S/C6H5NO2.C4H8/c8-7(9)6-4-2-1-3-5-6;1-3-4-2/h1-5H;3-4H,1-2H3/b;4-3+. The van der Waals surface area contributed by atoms with Gasteiger partial charge in [0.25, 0.3) is 5.69 Å². The molecule has 0 radical (unpaired) electrons. The first-order valence-corrected chi connectivity index (χ1v) is 3.99. The molecule has 0 spiro atoms. The summed E-state index contributed by atoms with van der Waals surface area (Å²) in [5.41, 5.74) is 0.137. The minimum absolute atomic E-state index is 0.137. The summed E-state index contributed by atoms with van der Waals surface area (Å²) >= 11 is 0. The van der Waals surface area contributed by atoms with E-state index >= 15 is 0 Å². The Morgan fingerprint density at radius 3 is 1.85 bits per heavy atom. The van der Waals surface area contributed by atoms with Gasteiger partial charge in [-0.1, -0.05) is 30.4 Å². The maximum Gasteiger partial charge on any atom is 0.269 e. The van der Waals surface area contributed by atoms with Gasteiger partial charge in [-0.3, -0.25) is 10.1 Å². The summed E-state index contributed by atoms with van der Waals surface area (Å²) in [6, 6.07) is 7.93. The van der Waals surface area contributed by atoms with Crippen LogP contribution in [0, 0.1) is 10.1 Å². The molecule has 13 heavy (non-hydrogen) atoms. The van der Waals surface area contributed by atoms with E-state index in [9.17, 15) is 10.1 Å². The second kappa shape index (κ2) is 7.03. The smallest absolute Gasteiger partial charge is 0.258 e. The van der Waals surface area contributed by atoms with Gasteiger partial charge in [-0.2, -0.15) is 0 Å². The van der Waals surface area contributed by atoms with E-state index in [0.717, 1.165) is 0 Å². The molecule has 0 aromatic heterocycles. The highest BCUT2D eigenvalue weighted by molar-refractivity contribution is 5.27. The van der Waals surface area contributed by atoms with Crippen molar-refractivity contribution in [3.63, 3.8) is 0 Å². The summed E-state index contributed by atoms with van der Waals surface area (Å²) in [4.78, 5) is 9.59. The second-order valence-corrected chi connectivity index (χ2v) is 2.26. The fourth-order valence-corrected chi connectivity index (χ4v) is 0.550. The molecule has 70 valence electrons. The van der Waals surface area contributed by atoms with Crippen molar-refractivity contribution < 1.29 is 4.92 Å². The third kappa shape index (κ3) is 5.61. The van der Waals surface area contributed by atoms with Crippen LogP contribution in [-0.4, -0.2) is 4.92 Å². The van der Waals surface area contributed by atoms with E-state index in [4.69, 9.17) is 0 Å². The van der Waals surface area contributed by atoms with E-state index in [-0.39, 0.29) is 5.69 Å². The van der Waals surface area contributed by atoms with Gasteiger partial charge in [0.05, 0.1) is 4.92 Å². The fraction of sp³-hybridized carbons (Fsp3) is 0.200. The zero-order valence-corrected chi connectivity index (χ0v) is 7.81. The Hall–Kier alpha value is -1.64. The minimum Gasteiger partial charge on any atom is -0.258 e. The van der Waals surface area contributed by atoms with E-state index in [1.54, 1.807) is 18.2 Å². The number of hydrogen-bond acceptors (Lipinski definition) is 2. The lowest BCUT2D eigenvalue weighted by Crippen LogP contribution is -1.84. The molecular formula is C10H13NO2. The van der Waals surface area contributed by atoms with Crippen LogP contribution in [0.15, 0.2) is 42.5 Å². The van der Waals surface area contributed by atoms with Crippen molar-refractivity contribution in [1.82, 2.24) is 0 Å². The van der Waals surface area contributed by atoms with Crippen LogP contribution in [0.3, 0.4) is 0 Å². The maximum absolute atomic E-state index is 10.0. The van der Waals surface area contributed by atoms with Crippen LogP contribution in [0.25, 0.3) is 0 Å². The summed E-state index contributed by atoms with van der Waals surface area (Å²) < 4.78 is 0. The van der Waals surface area contributed by atoms with Crippen molar-refractivity contribution in [2.45, 2.75) is 13.8 Å². The third-order valence-corrected chi connectivity index (χ3v) is 1.30. The molecule has 0 unspecified atom stereocenters. The van der Waals surface area contributed by atoms with Crippen LogP contribution in [0.4, 0.5) is 5.69 Å². The zero-order valence-electron chi connectivity index (χ0n) is 7.81. The number of benzene rings is 1. The molecule has 0 N–H and O–H groups in total. The van der Waals surface area contributed by atoms with Crippen LogP contribution in [0.1, 0.15) is 13.8 Å². The molecule has 0 fully saturated rings. The number of nitro benzene ring substituents is 1. The van der Waals surface area contributed by atoms with Crippen molar-refractivity contribution in [3.05, 3.63) is 52.6 Å². The number of nitrogens with zero attached hydrogens (tertiary/aromatic N) is 1. The van der Waals surface area contributed by atoms with Crippen LogP contribution in [0.2, 0.25) is 0 Å². The molecule has 1 aromatic carbocycles. The Kier molecular flexibility index (Phi) is 6.15. The number of rotatable bonds is 1. The van der Waals surface area contributed by atoms with Gasteiger partial charge in [-0.25, -0.2) is 0 Å². The molecule has 0 atom stereocenters. The number of para-hydroxylation sites is 1. The van der Waals surface area contributed by atoms with Crippen molar-refractivity contribution in [3.8, 4) is 0 Å². The van der Waals surface area contributed by atoms with Crippen molar-refractivity contribution in [1.29, 1.82) is 0 Å². The van der Waals surface area contributed by atoms with Gasteiger partial charge in [-0.15, -0.1) is 0 Å². The average molecular weight is 179 g/mol. The lowest BCUT2D eigenvalue weighted by Gasteiger charge is -1.85. The molecule has 1 aromatic rings. The predicted octanol–water partition coefficient (Wildman–Crippen LogP) is 3.18. The Labute approximate surface area is 77.9 Å². The van der Waals surface area contributed by atoms with Crippen molar-refractivity contribution >= 4 is 5.69 Å². The van der Waals surface area contributed by atoms with E-state index in [1.807, 2.05) is 26.0 Å². The quantitative estimate of drug-likeness (QED) is 0.377. The van der Waals surface area contributed by atoms with E-state index < -0.39 is 4.92 Å². The zero-order chi connectivity index (χ0) is 10.1. The first kappa shape index (κ1) is 11.4. The highest BCUT2D eigenvalue weighted by atomic mass is 16.6. The Morgan fingerprint density at radius 2 is 1.62 bits per heavy atom. The Bertz CT molecular complexity index is 264. The van der Waals surface area contributed by atoms with Crippen LogP contribution < -0.4 is 0 Å². The molecule has 0 bridgehead atoms. The van der Waals surface area contributed by atoms with E-state index in [1.165, 1.54) is 12.1 Å². The molecule has 0 aliphatic heterocycles. The van der Waals surface area contributed by atoms with Gasteiger partial charge in [0, 0.05) is 12.1 Å². The minimum atomic E-state index is -0.417. The lowest BCUT2D eigenvalue weighted by atomic mass is 10.3. The van der Waals surface area contributed by atoms with Gasteiger partial charge in [-0.05, 0) is 13.8 Å². The van der Waals surface area contributed by atoms with Crippen LogP contribution in [0.5, 0.6) is 0 Å². The third-order valence-electron chi connectivity index (χ3n) is 1.30. The van der Waals surface area contributed by atoms with E-state index in [0.29, 0.717) is 0 Å². The number of hydrogen-bond donors (Lipinski definition) is 0. The van der Waals surface area contributed by atoms with Gasteiger partial charge < -0.3 is 0 Å². The summed E-state index contributed by atoms with van der Waals surface area (Å²) in [5, 5.41) is 10.0. The first-order chi connectivity index (χ1) is 6.22. The van der Waals surface area contributed by atoms with Gasteiger partial charge in [0.2, 0.25) is 0 Å². The molecule has 0 amide bonds. The van der Waals surface area contributed by atoms with Crippen molar-refractivity contribution in [2.75, 3.05) is 0 Å². The summed E-state index contributed by atoms with van der Waals surface area (Å²) in [5.74, 6) is 0. The predicted molar refractivity (Wildman–Crippen MR) is 53.6 cm³/mol. The normalized spacial score (nSPS) is 9.08.